The summed E-state index contributed by atoms with van der Waals surface area (Å²) >= 11 is 0. The van der Waals surface area contributed by atoms with E-state index in [-0.39, 0.29) is 11.8 Å². The third-order valence-corrected chi connectivity index (χ3v) is 5.84. The second-order valence-electron chi connectivity index (χ2n) is 7.96. The molecule has 7 nitrogen and oxygen atoms in total. The van der Waals surface area contributed by atoms with E-state index < -0.39 is 0 Å². The Morgan fingerprint density at radius 1 is 0.938 bits per heavy atom. The molecule has 166 valence electrons. The molecule has 4 rings (SSSR count). The Morgan fingerprint density at radius 2 is 1.66 bits per heavy atom. The first kappa shape index (κ1) is 21.6. The average molecular weight is 433 g/mol. The number of amides is 1. The van der Waals surface area contributed by atoms with Crippen LogP contribution in [0, 0.1) is 12.8 Å². The van der Waals surface area contributed by atoms with Crippen LogP contribution in [0.25, 0.3) is 11.3 Å². The zero-order valence-electron chi connectivity index (χ0n) is 18.7. The van der Waals surface area contributed by atoms with Crippen molar-refractivity contribution in [2.24, 2.45) is 5.92 Å². The maximum absolute atomic E-state index is 12.8. The topological polar surface area (TPSA) is 76.6 Å². The van der Waals surface area contributed by atoms with Crippen LogP contribution in [-0.2, 0) is 4.79 Å². The van der Waals surface area contributed by atoms with Gasteiger partial charge >= 0.3 is 0 Å². The molecule has 0 radical (unpaired) electrons. The van der Waals surface area contributed by atoms with E-state index in [9.17, 15) is 4.79 Å². The predicted octanol–water partition coefficient (Wildman–Crippen LogP) is 4.32. The summed E-state index contributed by atoms with van der Waals surface area (Å²) in [6, 6.07) is 17.6. The predicted molar refractivity (Wildman–Crippen MR) is 125 cm³/mol. The summed E-state index contributed by atoms with van der Waals surface area (Å²) in [6.07, 6.45) is 1.53. The van der Waals surface area contributed by atoms with Crippen LogP contribution >= 0.6 is 0 Å². The van der Waals surface area contributed by atoms with E-state index in [1.54, 1.807) is 26.4 Å². The fraction of sp³-hybridized carbons (Fsp3) is 0.320. The Hall–Kier alpha value is -3.61. The van der Waals surface area contributed by atoms with E-state index in [4.69, 9.17) is 9.47 Å². The van der Waals surface area contributed by atoms with Crippen molar-refractivity contribution in [2.45, 2.75) is 19.8 Å². The molecule has 3 aromatic rings. The lowest BCUT2D eigenvalue weighted by Crippen LogP contribution is -2.38. The van der Waals surface area contributed by atoms with Gasteiger partial charge in [-0.3, -0.25) is 4.79 Å². The first-order valence-electron chi connectivity index (χ1n) is 10.8. The Morgan fingerprint density at radius 3 is 2.28 bits per heavy atom. The molecule has 1 aliphatic heterocycles. The van der Waals surface area contributed by atoms with Crippen molar-refractivity contribution in [3.63, 3.8) is 0 Å². The van der Waals surface area contributed by atoms with Gasteiger partial charge in [-0.25, -0.2) is 0 Å². The Bertz CT molecular complexity index is 1060. The minimum atomic E-state index is -0.0425. The zero-order chi connectivity index (χ0) is 22.5. The van der Waals surface area contributed by atoms with Gasteiger partial charge in [0.2, 0.25) is 5.91 Å². The summed E-state index contributed by atoms with van der Waals surface area (Å²) in [4.78, 5) is 14.9. The SMILES string of the molecule is COc1ccc(NC(=O)C2CCN(c3ccc(-c4ccc(C)cc4)nn3)CC2)cc1OC. The maximum Gasteiger partial charge on any atom is 0.227 e. The summed E-state index contributed by atoms with van der Waals surface area (Å²) < 4.78 is 10.6. The molecular formula is C25H28N4O3. The minimum Gasteiger partial charge on any atom is -0.493 e. The molecule has 0 aliphatic carbocycles. The van der Waals surface area contributed by atoms with Gasteiger partial charge in [0, 0.05) is 36.3 Å². The number of nitrogens with zero attached hydrogens (tertiary/aromatic N) is 3. The second kappa shape index (κ2) is 9.68. The van der Waals surface area contributed by atoms with Crippen LogP contribution in [0.4, 0.5) is 11.5 Å². The highest BCUT2D eigenvalue weighted by Crippen LogP contribution is 2.30. The van der Waals surface area contributed by atoms with Crippen molar-refractivity contribution < 1.29 is 14.3 Å². The van der Waals surface area contributed by atoms with Crippen LogP contribution in [0.2, 0.25) is 0 Å². The summed E-state index contributed by atoms with van der Waals surface area (Å²) in [5, 5.41) is 11.8. The second-order valence-corrected chi connectivity index (χ2v) is 7.96. The molecule has 0 unspecified atom stereocenters. The lowest BCUT2D eigenvalue weighted by Gasteiger charge is -2.31. The highest BCUT2D eigenvalue weighted by molar-refractivity contribution is 5.93. The monoisotopic (exact) mass is 432 g/mol. The van der Waals surface area contributed by atoms with E-state index in [2.05, 4.69) is 51.6 Å². The quantitative estimate of drug-likeness (QED) is 0.625. The third kappa shape index (κ3) is 4.82. The number of methoxy groups -OCH3 is 2. The largest absolute Gasteiger partial charge is 0.493 e. The molecule has 1 N–H and O–H groups in total. The van der Waals surface area contributed by atoms with Crippen LogP contribution in [-0.4, -0.2) is 43.4 Å². The van der Waals surface area contributed by atoms with Gasteiger partial charge in [-0.2, -0.15) is 0 Å². The fourth-order valence-electron chi connectivity index (χ4n) is 3.90. The Labute approximate surface area is 188 Å². The number of rotatable bonds is 6. The summed E-state index contributed by atoms with van der Waals surface area (Å²) in [5.74, 6) is 2.05. The first-order chi connectivity index (χ1) is 15.6. The standard InChI is InChI=1S/C25H28N4O3/c1-17-4-6-18(7-5-17)21-9-11-24(28-27-21)29-14-12-19(13-15-29)25(30)26-20-8-10-22(31-2)23(16-20)32-3/h4-11,16,19H,12-15H2,1-3H3,(H,26,30). The number of nitrogens with one attached hydrogen (secondary N) is 1. The van der Waals surface area contributed by atoms with Crippen LogP contribution in [0.3, 0.4) is 0 Å². The molecule has 2 heterocycles. The van der Waals surface area contributed by atoms with Crippen molar-refractivity contribution in [1.82, 2.24) is 10.2 Å². The van der Waals surface area contributed by atoms with E-state index in [0.717, 1.165) is 43.0 Å². The number of anilines is 2. The van der Waals surface area contributed by atoms with E-state index in [1.807, 2.05) is 18.2 Å². The lowest BCUT2D eigenvalue weighted by atomic mass is 9.95. The average Bonchev–Trinajstić information content (AvgIpc) is 2.84. The molecule has 1 fully saturated rings. The van der Waals surface area contributed by atoms with Crippen molar-refractivity contribution >= 4 is 17.4 Å². The maximum atomic E-state index is 12.8. The number of aromatic nitrogens is 2. The van der Waals surface area contributed by atoms with Crippen molar-refractivity contribution in [3.05, 3.63) is 60.2 Å². The van der Waals surface area contributed by atoms with Gasteiger partial charge in [-0.1, -0.05) is 29.8 Å². The molecule has 1 amide bonds. The van der Waals surface area contributed by atoms with Gasteiger partial charge in [0.25, 0.3) is 0 Å². The number of carbonyl (C=O) groups is 1. The highest BCUT2D eigenvalue weighted by atomic mass is 16.5. The molecule has 7 heteroatoms. The van der Waals surface area contributed by atoms with Crippen molar-refractivity contribution in [1.29, 1.82) is 0 Å². The molecule has 32 heavy (non-hydrogen) atoms. The normalized spacial score (nSPS) is 14.2. The molecule has 2 aromatic carbocycles. The number of hydrogen-bond acceptors (Lipinski definition) is 6. The van der Waals surface area contributed by atoms with Gasteiger partial charge in [0.1, 0.15) is 0 Å². The summed E-state index contributed by atoms with van der Waals surface area (Å²) in [7, 11) is 3.17. The van der Waals surface area contributed by atoms with Gasteiger partial charge in [-0.05, 0) is 44.0 Å². The highest BCUT2D eigenvalue weighted by Gasteiger charge is 2.26. The third-order valence-electron chi connectivity index (χ3n) is 5.84. The molecule has 1 aliphatic rings. The number of piperidine rings is 1. The van der Waals surface area contributed by atoms with E-state index >= 15 is 0 Å². The summed E-state index contributed by atoms with van der Waals surface area (Å²) in [5.41, 5.74) is 3.84. The van der Waals surface area contributed by atoms with Crippen molar-refractivity contribution in [3.8, 4) is 22.8 Å². The van der Waals surface area contributed by atoms with Crippen LogP contribution < -0.4 is 19.7 Å². The number of aryl methyl sites for hydroxylation is 1. The summed E-state index contributed by atoms with van der Waals surface area (Å²) in [6.45, 7) is 3.60. The van der Waals surface area contributed by atoms with Gasteiger partial charge in [-0.15, -0.1) is 10.2 Å². The fourth-order valence-corrected chi connectivity index (χ4v) is 3.90. The van der Waals surface area contributed by atoms with E-state index in [0.29, 0.717) is 17.2 Å². The van der Waals surface area contributed by atoms with Crippen LogP contribution in [0.5, 0.6) is 11.5 Å². The number of benzene rings is 2. The Kier molecular flexibility index (Phi) is 6.54. The molecule has 0 bridgehead atoms. The number of hydrogen-bond donors (Lipinski definition) is 1. The molecule has 0 saturated carbocycles. The minimum absolute atomic E-state index is 0.0256. The molecule has 1 saturated heterocycles. The molecule has 1 aromatic heterocycles. The lowest BCUT2D eigenvalue weighted by molar-refractivity contribution is -0.120. The zero-order valence-corrected chi connectivity index (χ0v) is 18.7. The van der Waals surface area contributed by atoms with Gasteiger partial charge < -0.3 is 19.7 Å². The van der Waals surface area contributed by atoms with Crippen molar-refractivity contribution in [2.75, 3.05) is 37.5 Å². The van der Waals surface area contributed by atoms with E-state index in [1.165, 1.54) is 5.56 Å². The number of carbonyl (C=O) groups excluding carboxylic acids is 1. The number of ether oxygens (including phenoxy) is 2. The van der Waals surface area contributed by atoms with Crippen LogP contribution in [0.15, 0.2) is 54.6 Å². The molecular weight excluding hydrogens is 404 g/mol. The van der Waals surface area contributed by atoms with Crippen LogP contribution in [0.1, 0.15) is 18.4 Å². The first-order valence-corrected chi connectivity index (χ1v) is 10.8. The smallest absolute Gasteiger partial charge is 0.227 e. The Balaban J connectivity index is 1.33. The molecule has 0 atom stereocenters. The molecule has 0 spiro atoms. The van der Waals surface area contributed by atoms with Gasteiger partial charge in [0.05, 0.1) is 19.9 Å². The van der Waals surface area contributed by atoms with Gasteiger partial charge in [0.15, 0.2) is 17.3 Å².